The van der Waals surface area contributed by atoms with Gasteiger partial charge in [-0.05, 0) is 39.7 Å². The van der Waals surface area contributed by atoms with Crippen molar-refractivity contribution in [3.05, 3.63) is 40.7 Å². The SMILES string of the molecule is CC(C)=CCC/C(C)=C/COc1c(F)c(O)c(S(=O)(=O)[O-])c(F)c1F.[Na+]. The van der Waals surface area contributed by atoms with Gasteiger partial charge in [0.05, 0.1) is 0 Å². The Morgan fingerprint density at radius 2 is 1.69 bits per heavy atom. The minimum Gasteiger partial charge on any atom is -0.744 e. The van der Waals surface area contributed by atoms with Gasteiger partial charge in [0, 0.05) is 0 Å². The Morgan fingerprint density at radius 1 is 1.12 bits per heavy atom. The molecule has 0 amide bonds. The van der Waals surface area contributed by atoms with Crippen molar-refractivity contribution >= 4 is 10.1 Å². The molecule has 0 unspecified atom stereocenters. The van der Waals surface area contributed by atoms with E-state index in [1.807, 2.05) is 19.9 Å². The van der Waals surface area contributed by atoms with E-state index in [4.69, 9.17) is 4.74 Å². The average molecular weight is 402 g/mol. The van der Waals surface area contributed by atoms with E-state index in [2.05, 4.69) is 0 Å². The number of hydrogen-bond acceptors (Lipinski definition) is 5. The molecule has 1 aromatic rings. The van der Waals surface area contributed by atoms with Crippen LogP contribution in [0.3, 0.4) is 0 Å². The molecule has 10 heteroatoms. The molecule has 0 heterocycles. The molecule has 140 valence electrons. The van der Waals surface area contributed by atoms with E-state index in [1.165, 1.54) is 6.08 Å². The summed E-state index contributed by atoms with van der Waals surface area (Å²) in [6, 6.07) is 0. The predicted octanol–water partition coefficient (Wildman–Crippen LogP) is 0.789. The van der Waals surface area contributed by atoms with Crippen molar-refractivity contribution in [1.82, 2.24) is 0 Å². The van der Waals surface area contributed by atoms with Crippen LogP contribution in [0.25, 0.3) is 0 Å². The Balaban J connectivity index is 0.00000625. The number of aromatic hydroxyl groups is 1. The van der Waals surface area contributed by atoms with Crippen LogP contribution in [0.2, 0.25) is 0 Å². The zero-order chi connectivity index (χ0) is 19.4. The van der Waals surface area contributed by atoms with Crippen LogP contribution in [0.1, 0.15) is 33.6 Å². The van der Waals surface area contributed by atoms with Crippen molar-refractivity contribution in [2.24, 2.45) is 0 Å². The zero-order valence-corrected chi connectivity index (χ0v) is 17.7. The van der Waals surface area contributed by atoms with E-state index in [0.717, 1.165) is 17.6 Å². The van der Waals surface area contributed by atoms with Crippen molar-refractivity contribution in [2.45, 2.75) is 38.5 Å². The third kappa shape index (κ3) is 6.62. The van der Waals surface area contributed by atoms with Gasteiger partial charge in [0.25, 0.3) is 0 Å². The molecule has 0 aliphatic rings. The van der Waals surface area contributed by atoms with Crippen molar-refractivity contribution < 1.29 is 65.5 Å². The van der Waals surface area contributed by atoms with Gasteiger partial charge in [0.1, 0.15) is 21.6 Å². The molecule has 26 heavy (non-hydrogen) atoms. The maximum atomic E-state index is 13.8. The summed E-state index contributed by atoms with van der Waals surface area (Å²) in [6.07, 6.45) is 4.95. The molecule has 0 saturated carbocycles. The molecule has 5 nitrogen and oxygen atoms in total. The van der Waals surface area contributed by atoms with Gasteiger partial charge < -0.3 is 14.4 Å². The van der Waals surface area contributed by atoms with Crippen LogP contribution < -0.4 is 34.3 Å². The molecule has 0 fully saturated rings. The molecular formula is C16H18F3NaO5S. The van der Waals surface area contributed by atoms with Crippen LogP contribution in [-0.2, 0) is 10.1 Å². The van der Waals surface area contributed by atoms with Crippen LogP contribution in [-0.4, -0.2) is 24.7 Å². The first kappa shape index (κ1) is 25.0. The number of phenols is 1. The maximum Gasteiger partial charge on any atom is 1.00 e. The Morgan fingerprint density at radius 3 is 2.19 bits per heavy atom. The largest absolute Gasteiger partial charge is 1.00 e. The molecule has 0 aliphatic heterocycles. The number of halogens is 3. The fourth-order valence-corrected chi connectivity index (χ4v) is 2.56. The molecule has 1 rings (SSSR count). The Bertz CT molecular complexity index is 787. The van der Waals surface area contributed by atoms with E-state index >= 15 is 0 Å². The molecule has 0 saturated heterocycles. The quantitative estimate of drug-likeness (QED) is 0.315. The van der Waals surface area contributed by atoms with Crippen LogP contribution in [0.4, 0.5) is 13.2 Å². The Labute approximate surface area is 172 Å². The predicted molar refractivity (Wildman–Crippen MR) is 83.9 cm³/mol. The molecule has 1 N–H and O–H groups in total. The number of ether oxygens (including phenoxy) is 1. The first-order valence-corrected chi connectivity index (χ1v) is 8.64. The summed E-state index contributed by atoms with van der Waals surface area (Å²) < 4.78 is 78.4. The molecule has 0 radical (unpaired) electrons. The standard InChI is InChI=1S/C16H19F3O5S.Na/c1-9(2)5-4-6-10(3)7-8-24-15-11(17)12(18)16(25(21,22)23)14(20)13(15)19;/h5,7,20H,4,6,8H2,1-3H3,(H,21,22,23);/q;+1/p-1/b10-7+;. The second-order valence-corrected chi connectivity index (χ2v) is 6.90. The summed E-state index contributed by atoms with van der Waals surface area (Å²) in [6.45, 7) is 5.32. The second-order valence-electron chi connectivity index (χ2n) is 5.58. The van der Waals surface area contributed by atoms with E-state index < -0.39 is 44.0 Å². The molecule has 0 atom stereocenters. The van der Waals surface area contributed by atoms with E-state index in [0.29, 0.717) is 6.42 Å². The van der Waals surface area contributed by atoms with Gasteiger partial charge in [0.2, 0.25) is 11.6 Å². The normalized spacial score (nSPS) is 11.7. The number of phenolic OH excluding ortho intramolecular Hbond substituents is 1. The van der Waals surface area contributed by atoms with E-state index in [1.54, 1.807) is 6.92 Å². The van der Waals surface area contributed by atoms with Gasteiger partial charge in [-0.2, -0.15) is 8.78 Å². The van der Waals surface area contributed by atoms with Crippen molar-refractivity contribution in [1.29, 1.82) is 0 Å². The second kappa shape index (κ2) is 10.4. The summed E-state index contributed by atoms with van der Waals surface area (Å²) in [4.78, 5) is -1.98. The third-order valence-electron chi connectivity index (χ3n) is 3.21. The van der Waals surface area contributed by atoms with Gasteiger partial charge in [-0.1, -0.05) is 17.2 Å². The Hall–Kier alpha value is -1.00. The van der Waals surface area contributed by atoms with Gasteiger partial charge in [-0.3, -0.25) is 0 Å². The van der Waals surface area contributed by atoms with Gasteiger partial charge in [0.15, 0.2) is 17.3 Å². The summed E-state index contributed by atoms with van der Waals surface area (Å²) in [5, 5.41) is 9.33. The number of benzene rings is 1. The number of hydrogen-bond donors (Lipinski definition) is 1. The molecule has 1 aromatic carbocycles. The number of rotatable bonds is 7. The van der Waals surface area contributed by atoms with E-state index in [-0.39, 0.29) is 36.2 Å². The summed E-state index contributed by atoms with van der Waals surface area (Å²) >= 11 is 0. The summed E-state index contributed by atoms with van der Waals surface area (Å²) in [7, 11) is -5.61. The molecular weight excluding hydrogens is 384 g/mol. The minimum atomic E-state index is -5.61. The monoisotopic (exact) mass is 402 g/mol. The first-order valence-electron chi connectivity index (χ1n) is 7.23. The van der Waals surface area contributed by atoms with E-state index in [9.17, 15) is 31.2 Å². The summed E-state index contributed by atoms with van der Waals surface area (Å²) in [5.41, 5.74) is 1.99. The fourth-order valence-electron chi connectivity index (χ4n) is 1.92. The fraction of sp³-hybridized carbons (Fsp3) is 0.375. The van der Waals surface area contributed by atoms with Crippen LogP contribution in [0, 0.1) is 17.5 Å². The van der Waals surface area contributed by atoms with Crippen LogP contribution in [0.5, 0.6) is 11.5 Å². The molecule has 0 aliphatic carbocycles. The number of allylic oxidation sites excluding steroid dienone is 3. The Kier molecular flexibility index (Phi) is 9.97. The average Bonchev–Trinajstić information content (AvgIpc) is 2.47. The van der Waals surface area contributed by atoms with Crippen molar-refractivity contribution in [3.8, 4) is 11.5 Å². The van der Waals surface area contributed by atoms with Crippen molar-refractivity contribution in [3.63, 3.8) is 0 Å². The first-order chi connectivity index (χ1) is 11.5. The van der Waals surface area contributed by atoms with Gasteiger partial charge >= 0.3 is 29.6 Å². The molecule has 0 spiro atoms. The summed E-state index contributed by atoms with van der Waals surface area (Å²) in [5.74, 6) is -9.15. The van der Waals surface area contributed by atoms with Crippen LogP contribution >= 0.6 is 0 Å². The van der Waals surface area contributed by atoms with Crippen molar-refractivity contribution in [2.75, 3.05) is 6.61 Å². The third-order valence-corrected chi connectivity index (χ3v) is 4.09. The van der Waals surface area contributed by atoms with Gasteiger partial charge in [-0.15, -0.1) is 0 Å². The maximum absolute atomic E-state index is 13.8. The van der Waals surface area contributed by atoms with Crippen LogP contribution in [0.15, 0.2) is 28.2 Å². The smallest absolute Gasteiger partial charge is 0.744 e. The minimum absolute atomic E-state index is 0. The van der Waals surface area contributed by atoms with Gasteiger partial charge in [-0.25, -0.2) is 12.8 Å². The topological polar surface area (TPSA) is 86.7 Å². The zero-order valence-electron chi connectivity index (χ0n) is 14.9. The molecule has 0 bridgehead atoms. The molecule has 0 aromatic heterocycles.